The number of likely N-dealkylation sites (N-methyl/N-ethyl adjacent to an activating group) is 1. The van der Waals surface area contributed by atoms with Crippen LogP contribution in [0.2, 0.25) is 0 Å². The van der Waals surface area contributed by atoms with Gasteiger partial charge < -0.3 is 10.0 Å². The van der Waals surface area contributed by atoms with Crippen LogP contribution in [0.25, 0.3) is 0 Å². The predicted octanol–water partition coefficient (Wildman–Crippen LogP) is 5.86. The van der Waals surface area contributed by atoms with E-state index in [-0.39, 0.29) is 12.5 Å². The molecule has 0 unspecified atom stereocenters. The lowest BCUT2D eigenvalue weighted by atomic mass is 10.1. The van der Waals surface area contributed by atoms with Crippen LogP contribution in [0.4, 0.5) is 0 Å². The van der Waals surface area contributed by atoms with Gasteiger partial charge in [0.2, 0.25) is 5.91 Å². The van der Waals surface area contributed by atoms with Crippen molar-refractivity contribution in [2.45, 2.75) is 104 Å². The summed E-state index contributed by atoms with van der Waals surface area (Å²) in [5, 5.41) is 8.92. The first-order chi connectivity index (χ1) is 12.3. The zero-order valence-corrected chi connectivity index (χ0v) is 17.0. The summed E-state index contributed by atoms with van der Waals surface area (Å²) < 4.78 is 0. The number of amides is 1. The summed E-state index contributed by atoms with van der Waals surface area (Å²) in [5.41, 5.74) is 0. The number of carbonyl (C=O) groups excluding carboxylic acids is 1. The summed E-state index contributed by atoms with van der Waals surface area (Å²) in [5.74, 6) is 0.189. The molecule has 0 aromatic heterocycles. The summed E-state index contributed by atoms with van der Waals surface area (Å²) in [6.45, 7) is 5.46. The van der Waals surface area contributed by atoms with Crippen molar-refractivity contribution in [1.82, 2.24) is 4.90 Å². The smallest absolute Gasteiger partial charge is 0.222 e. The Balaban J connectivity index is 3.33. The normalized spacial score (nSPS) is 11.3. The largest absolute Gasteiger partial charge is 0.395 e. The van der Waals surface area contributed by atoms with Crippen molar-refractivity contribution in [3.05, 3.63) is 12.2 Å². The Kier molecular flexibility index (Phi) is 18.8. The highest BCUT2D eigenvalue weighted by Crippen LogP contribution is 2.10. The summed E-state index contributed by atoms with van der Waals surface area (Å²) in [7, 11) is 0. The average molecular weight is 354 g/mol. The van der Waals surface area contributed by atoms with Gasteiger partial charge in [0, 0.05) is 19.5 Å². The predicted molar refractivity (Wildman–Crippen MR) is 109 cm³/mol. The lowest BCUT2D eigenvalue weighted by Crippen LogP contribution is -2.33. The highest BCUT2D eigenvalue weighted by molar-refractivity contribution is 5.76. The van der Waals surface area contributed by atoms with E-state index in [0.29, 0.717) is 19.5 Å². The lowest BCUT2D eigenvalue weighted by Gasteiger charge is -2.19. The maximum atomic E-state index is 11.9. The molecule has 1 amide bonds. The molecule has 3 heteroatoms. The average Bonchev–Trinajstić information content (AvgIpc) is 2.62. The first-order valence-electron chi connectivity index (χ1n) is 10.8. The highest BCUT2D eigenvalue weighted by Gasteiger charge is 2.09. The summed E-state index contributed by atoms with van der Waals surface area (Å²) in [4.78, 5) is 13.6. The number of aliphatic hydroxyl groups excluding tert-OH is 1. The van der Waals surface area contributed by atoms with E-state index in [4.69, 9.17) is 5.11 Å². The molecule has 3 nitrogen and oxygen atoms in total. The van der Waals surface area contributed by atoms with Gasteiger partial charge in [-0.15, -0.1) is 0 Å². The molecule has 0 bridgehead atoms. The van der Waals surface area contributed by atoms with Gasteiger partial charge in [0.25, 0.3) is 0 Å². The number of rotatable bonds is 18. The third-order valence-corrected chi connectivity index (χ3v) is 4.76. The Hall–Kier alpha value is -0.830. The standard InChI is InChI=1S/C22H43NO2/c1-3-5-6-7-8-9-10-11-12-13-14-15-16-17-18-19-22(25)23(4-2)20-21-24/h11-12,24H,3-10,13-21H2,1-2H3/b12-11-. The maximum absolute atomic E-state index is 11.9. The fraction of sp³-hybridized carbons (Fsp3) is 0.864. The van der Waals surface area contributed by atoms with E-state index in [1.165, 1.54) is 70.6 Å². The van der Waals surface area contributed by atoms with Gasteiger partial charge in [-0.25, -0.2) is 0 Å². The molecule has 0 saturated carbocycles. The Morgan fingerprint density at radius 3 is 1.84 bits per heavy atom. The zero-order valence-electron chi connectivity index (χ0n) is 17.0. The van der Waals surface area contributed by atoms with Crippen LogP contribution < -0.4 is 0 Å². The van der Waals surface area contributed by atoms with Crippen LogP contribution in [0.5, 0.6) is 0 Å². The van der Waals surface area contributed by atoms with Crippen LogP contribution in [0.15, 0.2) is 12.2 Å². The molecule has 0 radical (unpaired) electrons. The second-order valence-electron chi connectivity index (χ2n) is 7.03. The topological polar surface area (TPSA) is 40.5 Å². The van der Waals surface area contributed by atoms with Crippen molar-refractivity contribution >= 4 is 5.91 Å². The van der Waals surface area contributed by atoms with Crippen LogP contribution in [0.1, 0.15) is 104 Å². The van der Waals surface area contributed by atoms with E-state index in [0.717, 1.165) is 12.8 Å². The fourth-order valence-corrected chi connectivity index (χ4v) is 3.08. The van der Waals surface area contributed by atoms with Gasteiger partial charge in [-0.1, -0.05) is 70.4 Å². The van der Waals surface area contributed by atoms with Gasteiger partial charge in [-0.3, -0.25) is 4.79 Å². The molecule has 0 fully saturated rings. The minimum atomic E-state index is 0.0615. The molecule has 1 N–H and O–H groups in total. The molecular formula is C22H43NO2. The molecule has 25 heavy (non-hydrogen) atoms. The van der Waals surface area contributed by atoms with E-state index in [1.54, 1.807) is 4.90 Å². The van der Waals surface area contributed by atoms with Gasteiger partial charge in [0.15, 0.2) is 0 Å². The number of unbranched alkanes of at least 4 members (excludes halogenated alkanes) is 11. The molecule has 0 aromatic carbocycles. The molecule has 0 saturated heterocycles. The molecule has 0 rings (SSSR count). The molecular weight excluding hydrogens is 310 g/mol. The Morgan fingerprint density at radius 2 is 1.32 bits per heavy atom. The fourth-order valence-electron chi connectivity index (χ4n) is 3.08. The zero-order chi connectivity index (χ0) is 18.6. The third kappa shape index (κ3) is 16.4. The quantitative estimate of drug-likeness (QED) is 0.247. The first-order valence-corrected chi connectivity index (χ1v) is 10.8. The number of hydrogen-bond donors (Lipinski definition) is 1. The van der Waals surface area contributed by atoms with Crippen molar-refractivity contribution < 1.29 is 9.90 Å². The van der Waals surface area contributed by atoms with Crippen molar-refractivity contribution in [2.24, 2.45) is 0 Å². The molecule has 0 atom stereocenters. The van der Waals surface area contributed by atoms with Gasteiger partial charge in [0.05, 0.1) is 6.61 Å². The minimum Gasteiger partial charge on any atom is -0.395 e. The van der Waals surface area contributed by atoms with Gasteiger partial charge in [0.1, 0.15) is 0 Å². The number of nitrogens with zero attached hydrogens (tertiary/aromatic N) is 1. The van der Waals surface area contributed by atoms with E-state index in [1.807, 2.05) is 6.92 Å². The molecule has 148 valence electrons. The number of aliphatic hydroxyl groups is 1. The maximum Gasteiger partial charge on any atom is 0.222 e. The van der Waals surface area contributed by atoms with Crippen molar-refractivity contribution in [3.8, 4) is 0 Å². The van der Waals surface area contributed by atoms with Crippen LogP contribution in [0.3, 0.4) is 0 Å². The molecule has 0 heterocycles. The van der Waals surface area contributed by atoms with Crippen molar-refractivity contribution in [2.75, 3.05) is 19.7 Å². The SMILES string of the molecule is CCCCCCCC/C=C\CCCCCCCC(=O)N(CC)CCO. The van der Waals surface area contributed by atoms with E-state index in [2.05, 4.69) is 19.1 Å². The van der Waals surface area contributed by atoms with Crippen LogP contribution in [-0.4, -0.2) is 35.6 Å². The monoisotopic (exact) mass is 353 g/mol. The van der Waals surface area contributed by atoms with E-state index < -0.39 is 0 Å². The van der Waals surface area contributed by atoms with Crippen LogP contribution in [0, 0.1) is 0 Å². The second kappa shape index (κ2) is 19.5. The Labute approximate surface area is 156 Å². The van der Waals surface area contributed by atoms with E-state index >= 15 is 0 Å². The molecule has 0 aliphatic heterocycles. The van der Waals surface area contributed by atoms with Crippen LogP contribution in [-0.2, 0) is 4.79 Å². The third-order valence-electron chi connectivity index (χ3n) is 4.76. The van der Waals surface area contributed by atoms with Gasteiger partial charge in [-0.2, -0.15) is 0 Å². The van der Waals surface area contributed by atoms with Gasteiger partial charge >= 0.3 is 0 Å². The van der Waals surface area contributed by atoms with Gasteiger partial charge in [-0.05, 0) is 39.0 Å². The second-order valence-corrected chi connectivity index (χ2v) is 7.03. The van der Waals surface area contributed by atoms with E-state index in [9.17, 15) is 4.79 Å². The van der Waals surface area contributed by atoms with Crippen molar-refractivity contribution in [3.63, 3.8) is 0 Å². The van der Waals surface area contributed by atoms with Crippen molar-refractivity contribution in [1.29, 1.82) is 0 Å². The van der Waals surface area contributed by atoms with Crippen LogP contribution >= 0.6 is 0 Å². The Morgan fingerprint density at radius 1 is 0.800 bits per heavy atom. The molecule has 0 spiro atoms. The summed E-state index contributed by atoms with van der Waals surface area (Å²) in [6.07, 6.45) is 21.9. The minimum absolute atomic E-state index is 0.0615. The lowest BCUT2D eigenvalue weighted by molar-refractivity contribution is -0.131. The molecule has 0 aliphatic rings. The number of hydrogen-bond acceptors (Lipinski definition) is 2. The first kappa shape index (κ1) is 24.2. The molecule has 0 aliphatic carbocycles. The number of carbonyl (C=O) groups is 1. The molecule has 0 aromatic rings. The Bertz CT molecular complexity index is 315. The highest BCUT2D eigenvalue weighted by atomic mass is 16.3. The number of allylic oxidation sites excluding steroid dienone is 2. The summed E-state index contributed by atoms with van der Waals surface area (Å²) >= 11 is 0. The summed E-state index contributed by atoms with van der Waals surface area (Å²) in [6, 6.07) is 0.